The zero-order valence-corrected chi connectivity index (χ0v) is 74.4. The number of thioether (sulfide) groups is 2. The number of ether oxygens (including phenoxy) is 4. The molecule has 0 radical (unpaired) electrons. The van der Waals surface area contributed by atoms with Crippen molar-refractivity contribution in [3.63, 3.8) is 0 Å². The van der Waals surface area contributed by atoms with Crippen LogP contribution in [0, 0.1) is 54.0 Å². The van der Waals surface area contributed by atoms with Crippen molar-refractivity contribution >= 4 is 147 Å². The van der Waals surface area contributed by atoms with Crippen molar-refractivity contribution in [3.05, 3.63) is 213 Å². The number of anilines is 2. The number of aliphatic hydroxyl groups excluding tert-OH is 1. The molecule has 0 saturated carbocycles. The Bertz CT molecular complexity index is 4830. The van der Waals surface area contributed by atoms with Crippen LogP contribution in [0.5, 0.6) is 17.2 Å². The number of rotatable bonds is 45. The second kappa shape index (κ2) is 55.7. The summed E-state index contributed by atoms with van der Waals surface area (Å²) in [5, 5.41) is 57.0. The molecule has 0 spiro atoms. The van der Waals surface area contributed by atoms with Crippen LogP contribution in [0.4, 0.5) is 47.6 Å². The van der Waals surface area contributed by atoms with Gasteiger partial charge in [0.25, 0.3) is 17.1 Å². The van der Waals surface area contributed by atoms with Gasteiger partial charge in [-0.3, -0.25) is 87.9 Å². The van der Waals surface area contributed by atoms with Crippen LogP contribution in [0.1, 0.15) is 90.2 Å². The van der Waals surface area contributed by atoms with Crippen molar-refractivity contribution in [1.29, 1.82) is 0 Å². The fourth-order valence-electron chi connectivity index (χ4n) is 12.3. The number of hydrogen-bond acceptors (Lipinski definition) is 29. The molecule has 2 aliphatic heterocycles. The predicted molar refractivity (Wildman–Crippen MR) is 481 cm³/mol. The fourth-order valence-corrected chi connectivity index (χ4v) is 13.8. The smallest absolute Gasteiger partial charge is 0.429 e. The predicted octanol–water partition coefficient (Wildman–Crippen LogP) is 7.51. The Balaban J connectivity index is 0.000000385. The van der Waals surface area contributed by atoms with Crippen LogP contribution in [0.3, 0.4) is 0 Å². The van der Waals surface area contributed by atoms with Crippen LogP contribution >= 0.6 is 23.5 Å². The molecule has 5 aromatic rings. The van der Waals surface area contributed by atoms with Gasteiger partial charge in [-0.05, 0) is 134 Å². The molecule has 2 saturated heterocycles. The lowest BCUT2D eigenvalue weighted by atomic mass is 9.89. The summed E-state index contributed by atoms with van der Waals surface area (Å²) in [6, 6.07) is 24.2. The molecule has 44 nitrogen and oxygen atoms in total. The number of ketones is 2. The highest BCUT2D eigenvalue weighted by atomic mass is 32.2. The molecule has 0 aliphatic carbocycles. The summed E-state index contributed by atoms with van der Waals surface area (Å²) in [5.41, 5.74) is 11.9. The van der Waals surface area contributed by atoms with Gasteiger partial charge in [0.2, 0.25) is 59.1 Å². The number of benzene rings is 5. The summed E-state index contributed by atoms with van der Waals surface area (Å²) < 4.78 is 19.8. The molecule has 7 rings (SSSR count). The molecule has 46 heteroatoms. The summed E-state index contributed by atoms with van der Waals surface area (Å²) in [4.78, 5) is 238. The first-order chi connectivity index (χ1) is 62.7. The fraction of sp³-hybridized carbons (Fsp3) is 0.372. The van der Waals surface area contributed by atoms with Gasteiger partial charge in [-0.2, -0.15) is 23.5 Å². The molecule has 2 aliphatic rings. The Labute approximate surface area is 766 Å². The average Bonchev–Trinajstić information content (AvgIpc) is 0.840. The zero-order valence-electron chi connectivity index (χ0n) is 72.8. The largest absolute Gasteiger partial charge is 0.519 e. The Morgan fingerprint density at radius 1 is 0.447 bits per heavy atom. The number of non-ortho nitro benzene ring substituents is 3. The molecule has 2 heterocycles. The van der Waals surface area contributed by atoms with E-state index in [1.165, 1.54) is 114 Å². The van der Waals surface area contributed by atoms with E-state index in [9.17, 15) is 112 Å². The standard InChI is InChI=1S/C40H50N8O12S.C33H47N7O8S.C13H8N2O7/c1-5-34(51)45-23-46(35(52)6-2)25-47(24-45)36(53)17-19-61-22-33(50)44-37(26(3)4)32(49)20-28(8-7-18-42-39(41)55)38(54)43-29-11-9-27(10-12-29)21-59-40(56)60-31-15-13-30(14-16-31)48(57)58;1-5-28(44)38-19-39(29(45)6-2)21-40(20-38)30(46)13-15-49-18-27(43)37-31(22(3)4)26(42)16-24(8-7-14-35-33(34)48)32(47)36-25-11-9-23(17-41)10-12-25;16-13(21-11-5-1-9(2-6-11)14(17)18)22-12-7-3-10(4-8-12)15(19)20/h5-6,9-16,26,28,37H,1-2,7-8,17-25H2,3-4H3,(H,43,54)(H,44,50)(H3,41,42,55);5-6,9-12,22,24,31,41H,1-2,7-8,13-21H2,3-4H3,(H,36,47)(H,37,43)(H3,34,35,48);1-8H/t28-,37+;24-,31+;/m11./s1. The first kappa shape index (κ1) is 108. The first-order valence-corrected chi connectivity index (χ1v) is 43.0. The Kier molecular flexibility index (Phi) is 45.4. The van der Waals surface area contributed by atoms with E-state index in [4.69, 9.17) is 30.4 Å². The molecule has 708 valence electrons. The zero-order chi connectivity index (χ0) is 97.7. The highest BCUT2D eigenvalue weighted by Crippen LogP contribution is 2.27. The normalized spacial score (nSPS) is 13.0. The molecular formula is C86H105N17O27S2. The van der Waals surface area contributed by atoms with E-state index in [0.29, 0.717) is 35.3 Å². The van der Waals surface area contributed by atoms with Gasteiger partial charge in [-0.15, -0.1) is 0 Å². The van der Waals surface area contributed by atoms with Crippen molar-refractivity contribution in [2.75, 3.05) is 86.7 Å². The van der Waals surface area contributed by atoms with Gasteiger partial charge in [0.15, 0.2) is 11.6 Å². The van der Waals surface area contributed by atoms with Crippen LogP contribution in [-0.4, -0.2) is 232 Å². The number of urea groups is 2. The lowest BCUT2D eigenvalue weighted by Gasteiger charge is -2.41. The number of nitrogens with two attached hydrogens (primary N) is 2. The maximum absolute atomic E-state index is 13.7. The number of nitrogens with zero attached hydrogens (tertiary/aromatic N) is 9. The van der Waals surface area contributed by atoms with E-state index in [2.05, 4.69) is 58.2 Å². The maximum atomic E-state index is 13.7. The van der Waals surface area contributed by atoms with Crippen LogP contribution in [0.2, 0.25) is 0 Å². The van der Waals surface area contributed by atoms with Gasteiger partial charge in [-0.1, -0.05) is 78.3 Å². The van der Waals surface area contributed by atoms with E-state index in [1.54, 1.807) is 76.2 Å². The van der Waals surface area contributed by atoms with Crippen molar-refractivity contribution in [3.8, 4) is 17.2 Å². The first-order valence-electron chi connectivity index (χ1n) is 40.7. The highest BCUT2D eigenvalue weighted by molar-refractivity contribution is 8.00. The number of nitrogens with one attached hydrogen (secondary N) is 6. The maximum Gasteiger partial charge on any atom is 0.519 e. The van der Waals surface area contributed by atoms with E-state index in [-0.39, 0.29) is 197 Å². The molecule has 0 unspecified atom stereocenters. The van der Waals surface area contributed by atoms with Gasteiger partial charge < -0.3 is 96.8 Å². The summed E-state index contributed by atoms with van der Waals surface area (Å²) in [5.74, 6) is -6.54. The number of carbonyl (C=O) groups excluding carboxylic acids is 16. The summed E-state index contributed by atoms with van der Waals surface area (Å²) >= 11 is 2.35. The minimum Gasteiger partial charge on any atom is -0.429 e. The second-order valence-corrected chi connectivity index (χ2v) is 31.9. The third-order valence-corrected chi connectivity index (χ3v) is 21.1. The number of nitro groups is 3. The molecule has 14 amide bonds. The van der Waals surface area contributed by atoms with Gasteiger partial charge in [0, 0.05) is 110 Å². The molecule has 0 bridgehead atoms. The van der Waals surface area contributed by atoms with E-state index in [1.807, 2.05) is 0 Å². The van der Waals surface area contributed by atoms with Crippen molar-refractivity contribution in [2.24, 2.45) is 35.1 Å². The number of Topliss-reactive ketones (excluding diaryl/α,β-unsaturated/α-hetero) is 2. The average molecular weight is 1870 g/mol. The SMILES string of the molecule is C=CC(=O)N1CN(C(=O)C=C)CN(C(=O)CCSCC(=O)N[C@H](C(=O)C[C@@H](CCCNC(N)=O)C(=O)Nc2ccc(CO)cc2)C(C)C)C1.C=CC(=O)N1CN(C(=O)C=C)CN(C(=O)CCSCC(=O)N[C@H](C(=O)C[C@@H](CCCNC(N)=O)C(=O)Nc2ccc(COC(=O)Oc3ccc([N+](=O)[O-])cc3)cc2)C(C)C)C1.O=C(Oc1ccc([N+](=O)[O-])cc1)Oc1ccc([N+](=O)[O-])cc1. The number of amides is 14. The number of carbonyl (C=O) groups is 16. The third-order valence-electron chi connectivity index (χ3n) is 19.2. The Morgan fingerprint density at radius 3 is 1.04 bits per heavy atom. The van der Waals surface area contributed by atoms with E-state index < -0.39 is 110 Å². The quantitative estimate of drug-likeness (QED) is 0.00454. The lowest BCUT2D eigenvalue weighted by Crippen LogP contribution is -2.59. The molecule has 0 aromatic heterocycles. The topological polar surface area (TPSA) is 603 Å². The van der Waals surface area contributed by atoms with Gasteiger partial charge in [0.1, 0.15) is 23.9 Å². The number of primary amides is 2. The Morgan fingerprint density at radius 2 is 0.750 bits per heavy atom. The highest BCUT2D eigenvalue weighted by Gasteiger charge is 2.35. The van der Waals surface area contributed by atoms with E-state index in [0.717, 1.165) is 36.1 Å². The molecule has 132 heavy (non-hydrogen) atoms. The number of nitro benzene ring substituents is 3. The van der Waals surface area contributed by atoms with Gasteiger partial charge in [-0.25, -0.2) is 19.2 Å². The molecule has 4 atom stereocenters. The van der Waals surface area contributed by atoms with Gasteiger partial charge in [0.05, 0.1) is 85.0 Å². The lowest BCUT2D eigenvalue weighted by molar-refractivity contribution is -0.385. The minimum atomic E-state index is -1.07. The molecule has 5 aromatic carbocycles. The van der Waals surface area contributed by atoms with Gasteiger partial charge >= 0.3 is 24.4 Å². The van der Waals surface area contributed by atoms with Crippen LogP contribution in [-0.2, 0) is 75.5 Å². The van der Waals surface area contributed by atoms with Crippen LogP contribution < -0.4 is 57.6 Å². The Hall–Kier alpha value is -15.0. The summed E-state index contributed by atoms with van der Waals surface area (Å²) in [7, 11) is 0. The summed E-state index contributed by atoms with van der Waals surface area (Å²) in [6.07, 6.45) is 3.11. The van der Waals surface area contributed by atoms with Crippen molar-refractivity contribution < 1.29 is 116 Å². The van der Waals surface area contributed by atoms with E-state index >= 15 is 0 Å². The molecule has 11 N–H and O–H groups in total. The number of hydrogen-bond donors (Lipinski definition) is 9. The van der Waals surface area contributed by atoms with Crippen LogP contribution in [0.25, 0.3) is 0 Å². The van der Waals surface area contributed by atoms with Crippen molar-refractivity contribution in [1.82, 2.24) is 50.7 Å². The third kappa shape index (κ3) is 38.1. The molecular weight excluding hydrogens is 1770 g/mol. The molecule has 2 fully saturated rings. The monoisotopic (exact) mass is 1870 g/mol. The summed E-state index contributed by atoms with van der Waals surface area (Å²) in [6.45, 7) is 20.8. The number of aliphatic hydroxyl groups is 1. The van der Waals surface area contributed by atoms with Crippen LogP contribution in [0.15, 0.2) is 172 Å². The minimum absolute atomic E-state index is 0.00127. The second-order valence-electron chi connectivity index (χ2n) is 29.7. The van der Waals surface area contributed by atoms with Crippen molar-refractivity contribution in [2.45, 2.75) is 104 Å².